The lowest BCUT2D eigenvalue weighted by Crippen LogP contribution is -2.32. The Morgan fingerprint density at radius 2 is 2.00 bits per heavy atom. The fraction of sp³-hybridized carbons (Fsp3) is 0.294. The van der Waals surface area contributed by atoms with E-state index in [4.69, 9.17) is 4.74 Å². The normalized spacial score (nSPS) is 16.9. The van der Waals surface area contributed by atoms with E-state index < -0.39 is 0 Å². The number of rotatable bonds is 3. The van der Waals surface area contributed by atoms with E-state index in [0.717, 1.165) is 30.8 Å². The number of ether oxygens (including phenoxy) is 1. The van der Waals surface area contributed by atoms with Crippen molar-refractivity contribution in [2.24, 2.45) is 0 Å². The molecule has 3 heteroatoms. The number of nitrogens with one attached hydrogen (secondary N) is 1. The summed E-state index contributed by atoms with van der Waals surface area (Å²) in [7, 11) is 0. The van der Waals surface area contributed by atoms with Gasteiger partial charge in [0, 0.05) is 12.5 Å². The van der Waals surface area contributed by atoms with Crippen LogP contribution in [0.5, 0.6) is 11.5 Å². The van der Waals surface area contributed by atoms with Crippen molar-refractivity contribution in [2.45, 2.75) is 25.9 Å². The SMILES string of the molecule is CCc1ccccc1CC1CNc2ccc(O)cc2O1. The number of aromatic hydroxyl groups is 1. The summed E-state index contributed by atoms with van der Waals surface area (Å²) in [6, 6.07) is 13.7. The second-order valence-electron chi connectivity index (χ2n) is 5.13. The highest BCUT2D eigenvalue weighted by Crippen LogP contribution is 2.33. The van der Waals surface area contributed by atoms with Gasteiger partial charge in [-0.2, -0.15) is 0 Å². The van der Waals surface area contributed by atoms with Crippen LogP contribution in [0.4, 0.5) is 5.69 Å². The number of aryl methyl sites for hydroxylation is 1. The summed E-state index contributed by atoms with van der Waals surface area (Å²) in [5, 5.41) is 12.9. The highest BCUT2D eigenvalue weighted by Gasteiger charge is 2.20. The van der Waals surface area contributed by atoms with Gasteiger partial charge in [-0.1, -0.05) is 31.2 Å². The number of phenolic OH excluding ortho intramolecular Hbond substituents is 1. The molecule has 0 fully saturated rings. The Kier molecular flexibility index (Phi) is 3.50. The van der Waals surface area contributed by atoms with Gasteiger partial charge in [0.2, 0.25) is 0 Å². The summed E-state index contributed by atoms with van der Waals surface area (Å²) < 4.78 is 5.99. The molecule has 0 aliphatic carbocycles. The first-order valence-corrected chi connectivity index (χ1v) is 7.06. The topological polar surface area (TPSA) is 41.5 Å². The second kappa shape index (κ2) is 5.45. The van der Waals surface area contributed by atoms with E-state index >= 15 is 0 Å². The Morgan fingerprint density at radius 1 is 1.20 bits per heavy atom. The van der Waals surface area contributed by atoms with Crippen molar-refractivity contribution in [3.05, 3.63) is 53.6 Å². The number of phenols is 1. The minimum Gasteiger partial charge on any atom is -0.508 e. The third-order valence-electron chi connectivity index (χ3n) is 3.73. The zero-order valence-electron chi connectivity index (χ0n) is 11.6. The van der Waals surface area contributed by atoms with E-state index in [9.17, 15) is 5.11 Å². The van der Waals surface area contributed by atoms with Gasteiger partial charge in [-0.3, -0.25) is 0 Å². The van der Waals surface area contributed by atoms with Crippen molar-refractivity contribution in [3.8, 4) is 11.5 Å². The highest BCUT2D eigenvalue weighted by atomic mass is 16.5. The molecule has 104 valence electrons. The Labute approximate surface area is 119 Å². The molecule has 0 amide bonds. The molecule has 0 spiro atoms. The van der Waals surface area contributed by atoms with Gasteiger partial charge in [-0.05, 0) is 29.7 Å². The number of benzene rings is 2. The van der Waals surface area contributed by atoms with E-state index in [-0.39, 0.29) is 11.9 Å². The van der Waals surface area contributed by atoms with Crippen LogP contribution in [0, 0.1) is 0 Å². The average molecular weight is 269 g/mol. The van der Waals surface area contributed by atoms with Gasteiger partial charge in [0.15, 0.2) is 0 Å². The Hall–Kier alpha value is -2.16. The summed E-state index contributed by atoms with van der Waals surface area (Å²) >= 11 is 0. The summed E-state index contributed by atoms with van der Waals surface area (Å²) in [6.45, 7) is 2.96. The van der Waals surface area contributed by atoms with Crippen LogP contribution in [0.1, 0.15) is 18.1 Å². The average Bonchev–Trinajstić information content (AvgIpc) is 2.47. The van der Waals surface area contributed by atoms with Gasteiger partial charge in [-0.25, -0.2) is 0 Å². The third-order valence-corrected chi connectivity index (χ3v) is 3.73. The smallest absolute Gasteiger partial charge is 0.146 e. The van der Waals surface area contributed by atoms with Crippen LogP contribution in [0.15, 0.2) is 42.5 Å². The van der Waals surface area contributed by atoms with Crippen molar-refractivity contribution in [3.63, 3.8) is 0 Å². The summed E-state index contributed by atoms with van der Waals surface area (Å²) in [5.41, 5.74) is 3.66. The molecule has 1 unspecified atom stereocenters. The molecular weight excluding hydrogens is 250 g/mol. The van der Waals surface area contributed by atoms with Gasteiger partial charge >= 0.3 is 0 Å². The van der Waals surface area contributed by atoms with Crippen LogP contribution in [0.25, 0.3) is 0 Å². The maximum atomic E-state index is 9.54. The summed E-state index contributed by atoms with van der Waals surface area (Å²) in [6.07, 6.45) is 2.01. The number of fused-ring (bicyclic) bond motifs is 1. The summed E-state index contributed by atoms with van der Waals surface area (Å²) in [5.74, 6) is 0.968. The third kappa shape index (κ3) is 2.57. The predicted molar refractivity (Wildman–Crippen MR) is 80.5 cm³/mol. The van der Waals surface area contributed by atoms with E-state index in [2.05, 4.69) is 36.5 Å². The van der Waals surface area contributed by atoms with Crippen LogP contribution < -0.4 is 10.1 Å². The van der Waals surface area contributed by atoms with E-state index in [1.807, 2.05) is 6.07 Å². The van der Waals surface area contributed by atoms with Gasteiger partial charge in [0.05, 0.1) is 12.2 Å². The van der Waals surface area contributed by atoms with Crippen molar-refractivity contribution < 1.29 is 9.84 Å². The lowest BCUT2D eigenvalue weighted by atomic mass is 9.99. The standard InChI is InChI=1S/C17H19NO2/c1-2-12-5-3-4-6-13(12)9-15-11-18-16-8-7-14(19)10-17(16)20-15/h3-8,10,15,18-19H,2,9,11H2,1H3. The molecule has 0 saturated heterocycles. The molecule has 1 aliphatic rings. The molecule has 0 bridgehead atoms. The first-order chi connectivity index (χ1) is 9.76. The first kappa shape index (κ1) is 12.9. The molecule has 1 aliphatic heterocycles. The van der Waals surface area contributed by atoms with Gasteiger partial charge < -0.3 is 15.2 Å². The zero-order chi connectivity index (χ0) is 13.9. The predicted octanol–water partition coefficient (Wildman–Crippen LogP) is 3.37. The van der Waals surface area contributed by atoms with Crippen molar-refractivity contribution >= 4 is 5.69 Å². The molecule has 0 aromatic heterocycles. The largest absolute Gasteiger partial charge is 0.508 e. The molecule has 3 rings (SSSR count). The van der Waals surface area contributed by atoms with Crippen molar-refractivity contribution in [1.82, 2.24) is 0 Å². The Balaban J connectivity index is 1.77. The van der Waals surface area contributed by atoms with E-state index in [1.54, 1.807) is 12.1 Å². The second-order valence-corrected chi connectivity index (χ2v) is 5.13. The van der Waals surface area contributed by atoms with E-state index in [1.165, 1.54) is 11.1 Å². The van der Waals surface area contributed by atoms with Crippen LogP contribution in [-0.2, 0) is 12.8 Å². The first-order valence-electron chi connectivity index (χ1n) is 7.06. The fourth-order valence-corrected chi connectivity index (χ4v) is 2.66. The lowest BCUT2D eigenvalue weighted by molar-refractivity contribution is 0.205. The maximum Gasteiger partial charge on any atom is 0.146 e. The molecule has 1 heterocycles. The van der Waals surface area contributed by atoms with Crippen LogP contribution in [-0.4, -0.2) is 17.8 Å². The number of hydrogen-bond donors (Lipinski definition) is 2. The summed E-state index contributed by atoms with van der Waals surface area (Å²) in [4.78, 5) is 0. The molecule has 2 aromatic carbocycles. The molecular formula is C17H19NO2. The van der Waals surface area contributed by atoms with Crippen molar-refractivity contribution in [2.75, 3.05) is 11.9 Å². The molecule has 3 nitrogen and oxygen atoms in total. The minimum absolute atomic E-state index is 0.0944. The zero-order valence-corrected chi connectivity index (χ0v) is 11.6. The van der Waals surface area contributed by atoms with Gasteiger partial charge in [0.1, 0.15) is 17.6 Å². The van der Waals surface area contributed by atoms with Crippen LogP contribution in [0.2, 0.25) is 0 Å². The van der Waals surface area contributed by atoms with Gasteiger partial charge in [-0.15, -0.1) is 0 Å². The van der Waals surface area contributed by atoms with Crippen molar-refractivity contribution in [1.29, 1.82) is 0 Å². The van der Waals surface area contributed by atoms with E-state index in [0.29, 0.717) is 0 Å². The molecule has 0 saturated carbocycles. The molecule has 20 heavy (non-hydrogen) atoms. The highest BCUT2D eigenvalue weighted by molar-refractivity contribution is 5.60. The lowest BCUT2D eigenvalue weighted by Gasteiger charge is -2.28. The quantitative estimate of drug-likeness (QED) is 0.839. The van der Waals surface area contributed by atoms with Crippen LogP contribution in [0.3, 0.4) is 0 Å². The minimum atomic E-state index is 0.0944. The van der Waals surface area contributed by atoms with Gasteiger partial charge in [0.25, 0.3) is 0 Å². The maximum absolute atomic E-state index is 9.54. The fourth-order valence-electron chi connectivity index (χ4n) is 2.66. The van der Waals surface area contributed by atoms with Crippen LogP contribution >= 0.6 is 0 Å². The monoisotopic (exact) mass is 269 g/mol. The Bertz CT molecular complexity index is 610. The molecule has 2 N–H and O–H groups in total. The molecule has 2 aromatic rings. The number of anilines is 1. The molecule has 1 atom stereocenters. The Morgan fingerprint density at radius 3 is 2.80 bits per heavy atom. The molecule has 0 radical (unpaired) electrons. The number of hydrogen-bond acceptors (Lipinski definition) is 3.